The van der Waals surface area contributed by atoms with E-state index in [4.69, 9.17) is 9.84 Å². The number of hydrogen-bond donors (Lipinski definition) is 2. The van der Waals surface area contributed by atoms with Crippen LogP contribution in [0.1, 0.15) is 23.0 Å². The van der Waals surface area contributed by atoms with Crippen LogP contribution < -0.4 is 11.0 Å². The van der Waals surface area contributed by atoms with Gasteiger partial charge in [0.05, 0.1) is 6.61 Å². The molecule has 2 heterocycles. The Hall–Kier alpha value is -2.58. The molecule has 0 bridgehead atoms. The summed E-state index contributed by atoms with van der Waals surface area (Å²) in [4.78, 5) is 27.9. The second-order valence-electron chi connectivity index (χ2n) is 5.39. The summed E-state index contributed by atoms with van der Waals surface area (Å²) in [7, 11) is 0. The average Bonchev–Trinajstić information content (AvgIpc) is 2.96. The number of amides is 1. The number of aliphatic hydroxyl groups excluding tert-OH is 1. The van der Waals surface area contributed by atoms with Gasteiger partial charge in [-0.1, -0.05) is 18.2 Å². The van der Waals surface area contributed by atoms with Crippen molar-refractivity contribution in [1.29, 1.82) is 0 Å². The third kappa shape index (κ3) is 3.34. The first-order chi connectivity index (χ1) is 11.6. The van der Waals surface area contributed by atoms with Gasteiger partial charge in [-0.25, -0.2) is 9.18 Å². The Morgan fingerprint density at radius 2 is 2.12 bits per heavy atom. The molecule has 126 valence electrons. The predicted octanol–water partition coefficient (Wildman–Crippen LogP) is 1.11. The number of nitrogens with zero attached hydrogens (tertiary/aromatic N) is 2. The van der Waals surface area contributed by atoms with Gasteiger partial charge in [0, 0.05) is 18.2 Å². The van der Waals surface area contributed by atoms with E-state index in [9.17, 15) is 14.0 Å². The number of benzene rings is 1. The Kier molecular flexibility index (Phi) is 4.68. The number of ether oxygens (including phenoxy) is 1. The molecule has 3 atom stereocenters. The molecule has 0 unspecified atom stereocenters. The van der Waals surface area contributed by atoms with Crippen molar-refractivity contribution in [3.05, 3.63) is 58.6 Å². The van der Waals surface area contributed by atoms with E-state index >= 15 is 0 Å². The van der Waals surface area contributed by atoms with Gasteiger partial charge in [0.2, 0.25) is 0 Å². The van der Waals surface area contributed by atoms with E-state index in [1.165, 1.54) is 12.3 Å². The van der Waals surface area contributed by atoms with Crippen molar-refractivity contribution in [2.75, 3.05) is 11.9 Å². The van der Waals surface area contributed by atoms with Crippen molar-refractivity contribution in [3.8, 4) is 0 Å². The fourth-order valence-corrected chi connectivity index (χ4v) is 2.50. The highest BCUT2D eigenvalue weighted by Gasteiger charge is 2.36. The molecular formula is C16H16FN3O4. The van der Waals surface area contributed by atoms with Gasteiger partial charge >= 0.3 is 5.69 Å². The molecule has 3 rings (SSSR count). The number of anilines is 1. The summed E-state index contributed by atoms with van der Waals surface area (Å²) in [6, 6.07) is 9.95. The summed E-state index contributed by atoms with van der Waals surface area (Å²) in [6.45, 7) is -0.453. The molecule has 1 aliphatic heterocycles. The number of halogens is 1. The monoisotopic (exact) mass is 333 g/mol. The minimum Gasteiger partial charge on any atom is -0.394 e. The smallest absolute Gasteiger partial charge is 0.351 e. The maximum Gasteiger partial charge on any atom is 0.351 e. The van der Waals surface area contributed by atoms with Gasteiger partial charge in [0.25, 0.3) is 5.91 Å². The number of aromatic nitrogens is 2. The first-order valence-electron chi connectivity index (χ1n) is 7.44. The number of carbonyl (C=O) groups is 1. The lowest BCUT2D eigenvalue weighted by molar-refractivity contribution is -0.0355. The van der Waals surface area contributed by atoms with Crippen molar-refractivity contribution in [2.24, 2.45) is 0 Å². The quantitative estimate of drug-likeness (QED) is 0.874. The molecule has 7 nitrogen and oxygen atoms in total. The maximum absolute atomic E-state index is 13.6. The molecule has 0 saturated carbocycles. The Labute approximate surface area is 136 Å². The summed E-state index contributed by atoms with van der Waals surface area (Å²) in [5.41, 5.74) is -0.231. The fourth-order valence-electron chi connectivity index (χ4n) is 2.50. The second kappa shape index (κ2) is 6.90. The van der Waals surface area contributed by atoms with Crippen LogP contribution in [0.3, 0.4) is 0 Å². The van der Waals surface area contributed by atoms with E-state index in [1.807, 2.05) is 0 Å². The molecule has 0 radical (unpaired) electrons. The van der Waals surface area contributed by atoms with Crippen molar-refractivity contribution in [1.82, 2.24) is 9.55 Å². The Bertz CT molecular complexity index is 780. The van der Waals surface area contributed by atoms with Crippen LogP contribution in [-0.4, -0.2) is 39.4 Å². The number of carbonyl (C=O) groups excluding carboxylic acids is 1. The molecule has 1 aromatic heterocycles. The van der Waals surface area contributed by atoms with Gasteiger partial charge in [-0.3, -0.25) is 9.36 Å². The molecule has 1 saturated heterocycles. The number of rotatable bonds is 4. The van der Waals surface area contributed by atoms with E-state index in [1.54, 1.807) is 30.3 Å². The largest absolute Gasteiger partial charge is 0.394 e. The van der Waals surface area contributed by atoms with Crippen molar-refractivity contribution < 1.29 is 19.0 Å². The van der Waals surface area contributed by atoms with E-state index in [-0.39, 0.29) is 18.1 Å². The van der Waals surface area contributed by atoms with E-state index in [2.05, 4.69) is 10.3 Å². The average molecular weight is 333 g/mol. The standard InChI is InChI=1S/C16H16FN3O4/c17-11-8-14(24-12(11)9-21)20-7-6-13(19-16(20)23)18-15(22)10-4-2-1-3-5-10/h1-7,11-12,14,21H,8-9H2,(H,18,19,22,23)/t11-,12+,14+/m0/s1. The minimum absolute atomic E-state index is 0.0392. The minimum atomic E-state index is -1.34. The molecule has 0 spiro atoms. The molecule has 1 aromatic carbocycles. The van der Waals surface area contributed by atoms with Crippen LogP contribution in [0, 0.1) is 0 Å². The van der Waals surface area contributed by atoms with Gasteiger partial charge in [0.1, 0.15) is 24.3 Å². The van der Waals surface area contributed by atoms with Crippen LogP contribution in [-0.2, 0) is 4.74 Å². The first-order valence-corrected chi connectivity index (χ1v) is 7.44. The molecule has 2 aromatic rings. The van der Waals surface area contributed by atoms with E-state index in [0.29, 0.717) is 5.56 Å². The highest BCUT2D eigenvalue weighted by atomic mass is 19.1. The Morgan fingerprint density at radius 3 is 2.75 bits per heavy atom. The van der Waals surface area contributed by atoms with Crippen LogP contribution in [0.5, 0.6) is 0 Å². The van der Waals surface area contributed by atoms with Crippen molar-refractivity contribution in [3.63, 3.8) is 0 Å². The van der Waals surface area contributed by atoms with Crippen LogP contribution in [0.15, 0.2) is 47.4 Å². The SMILES string of the molecule is O=C(Nc1ccn([C@H]2C[C@H](F)[C@@H](CO)O2)c(=O)n1)c1ccccc1. The molecule has 0 aliphatic carbocycles. The number of nitrogens with one attached hydrogen (secondary N) is 1. The van der Waals surface area contributed by atoms with Gasteiger partial charge in [0.15, 0.2) is 0 Å². The molecule has 1 fully saturated rings. The zero-order chi connectivity index (χ0) is 17.1. The summed E-state index contributed by atoms with van der Waals surface area (Å²) in [5, 5.41) is 11.5. The summed E-state index contributed by atoms with van der Waals surface area (Å²) in [5.74, 6) is -0.292. The summed E-state index contributed by atoms with van der Waals surface area (Å²) < 4.78 is 20.0. The number of hydrogen-bond acceptors (Lipinski definition) is 5. The fraction of sp³-hybridized carbons (Fsp3) is 0.312. The van der Waals surface area contributed by atoms with Crippen molar-refractivity contribution in [2.45, 2.75) is 24.9 Å². The Morgan fingerprint density at radius 1 is 1.38 bits per heavy atom. The Balaban J connectivity index is 1.74. The van der Waals surface area contributed by atoms with Gasteiger partial charge in [-0.05, 0) is 18.2 Å². The van der Waals surface area contributed by atoms with Gasteiger partial charge in [-0.2, -0.15) is 4.98 Å². The lowest BCUT2D eigenvalue weighted by atomic mass is 10.2. The molecule has 24 heavy (non-hydrogen) atoms. The number of aliphatic hydroxyl groups is 1. The number of alkyl halides is 1. The van der Waals surface area contributed by atoms with E-state index < -0.39 is 30.8 Å². The molecule has 2 N–H and O–H groups in total. The van der Waals surface area contributed by atoms with Crippen LogP contribution in [0.25, 0.3) is 0 Å². The normalized spacial score (nSPS) is 23.2. The maximum atomic E-state index is 13.6. The summed E-state index contributed by atoms with van der Waals surface area (Å²) in [6.07, 6.45) is -1.77. The highest BCUT2D eigenvalue weighted by Crippen LogP contribution is 2.29. The first kappa shape index (κ1) is 16.3. The molecular weight excluding hydrogens is 317 g/mol. The van der Waals surface area contributed by atoms with Gasteiger partial charge < -0.3 is 15.2 Å². The summed E-state index contributed by atoms with van der Waals surface area (Å²) >= 11 is 0. The lowest BCUT2D eigenvalue weighted by Gasteiger charge is -2.14. The predicted molar refractivity (Wildman–Crippen MR) is 83.4 cm³/mol. The second-order valence-corrected chi connectivity index (χ2v) is 5.39. The van der Waals surface area contributed by atoms with Crippen LogP contribution in [0.4, 0.5) is 10.2 Å². The van der Waals surface area contributed by atoms with Crippen LogP contribution in [0.2, 0.25) is 0 Å². The zero-order valence-corrected chi connectivity index (χ0v) is 12.6. The zero-order valence-electron chi connectivity index (χ0n) is 12.6. The molecule has 8 heteroatoms. The third-order valence-electron chi connectivity index (χ3n) is 3.76. The molecule has 1 amide bonds. The van der Waals surface area contributed by atoms with Crippen LogP contribution >= 0.6 is 0 Å². The van der Waals surface area contributed by atoms with Crippen molar-refractivity contribution >= 4 is 11.7 Å². The molecule has 1 aliphatic rings. The topological polar surface area (TPSA) is 93.5 Å². The lowest BCUT2D eigenvalue weighted by Crippen LogP contribution is -2.28. The van der Waals surface area contributed by atoms with Gasteiger partial charge in [-0.15, -0.1) is 0 Å². The van der Waals surface area contributed by atoms with E-state index in [0.717, 1.165) is 4.57 Å². The third-order valence-corrected chi connectivity index (χ3v) is 3.76. The highest BCUT2D eigenvalue weighted by molar-refractivity contribution is 6.03.